The molecule has 0 fully saturated rings. The van der Waals surface area contributed by atoms with Gasteiger partial charge in [0.25, 0.3) is 0 Å². The molecule has 2 aromatic carbocycles. The van der Waals surface area contributed by atoms with Crippen molar-refractivity contribution in [3.8, 4) is 0 Å². The zero-order valence-corrected chi connectivity index (χ0v) is 10.4. The van der Waals surface area contributed by atoms with Gasteiger partial charge in [-0.2, -0.15) is 0 Å². The van der Waals surface area contributed by atoms with E-state index in [0.717, 1.165) is 16.7 Å². The molecule has 18 heavy (non-hydrogen) atoms. The second kappa shape index (κ2) is 5.17. The largest absolute Gasteiger partial charge is 0.376 e. The zero-order chi connectivity index (χ0) is 13.1. The molecule has 0 aliphatic heterocycles. The van der Waals surface area contributed by atoms with Crippen molar-refractivity contribution in [2.24, 2.45) is 0 Å². The summed E-state index contributed by atoms with van der Waals surface area (Å²) in [5, 5.41) is 2.83. The molecular weight excluding hydrogens is 232 g/mol. The number of halogens is 2. The van der Waals surface area contributed by atoms with Gasteiger partial charge < -0.3 is 5.32 Å². The van der Waals surface area contributed by atoms with E-state index < -0.39 is 11.6 Å². The number of nitrogens with one attached hydrogen (secondary N) is 1. The van der Waals surface area contributed by atoms with E-state index >= 15 is 0 Å². The Morgan fingerprint density at radius 1 is 0.889 bits per heavy atom. The van der Waals surface area contributed by atoms with Crippen molar-refractivity contribution < 1.29 is 8.78 Å². The van der Waals surface area contributed by atoms with Gasteiger partial charge in [0.1, 0.15) is 17.3 Å². The van der Waals surface area contributed by atoms with Crippen molar-refractivity contribution in [1.29, 1.82) is 0 Å². The smallest absolute Gasteiger partial charge is 0.149 e. The van der Waals surface area contributed by atoms with E-state index in [1.54, 1.807) is 0 Å². The maximum absolute atomic E-state index is 13.5. The van der Waals surface area contributed by atoms with Crippen LogP contribution in [0.4, 0.5) is 14.5 Å². The highest BCUT2D eigenvalue weighted by Crippen LogP contribution is 2.20. The van der Waals surface area contributed by atoms with Crippen molar-refractivity contribution in [2.75, 3.05) is 5.32 Å². The predicted octanol–water partition coefficient (Wildman–Crippen LogP) is 4.19. The molecule has 0 spiro atoms. The molecule has 0 unspecified atom stereocenters. The van der Waals surface area contributed by atoms with Crippen LogP contribution >= 0.6 is 0 Å². The molecule has 94 valence electrons. The molecule has 0 bridgehead atoms. The predicted molar refractivity (Wildman–Crippen MR) is 69.6 cm³/mol. The molecule has 0 aromatic heterocycles. The van der Waals surface area contributed by atoms with Crippen LogP contribution in [-0.4, -0.2) is 0 Å². The fraction of sp³-hybridized carbons (Fsp3) is 0.200. The molecule has 2 aromatic rings. The van der Waals surface area contributed by atoms with E-state index in [1.165, 1.54) is 18.2 Å². The normalized spacial score (nSPS) is 10.4. The van der Waals surface area contributed by atoms with Crippen molar-refractivity contribution in [1.82, 2.24) is 0 Å². The molecule has 0 saturated carbocycles. The number of anilines is 1. The average Bonchev–Trinajstić information content (AvgIpc) is 2.31. The van der Waals surface area contributed by atoms with Crippen molar-refractivity contribution >= 4 is 5.69 Å². The van der Waals surface area contributed by atoms with Gasteiger partial charge in [0.05, 0.1) is 0 Å². The van der Waals surface area contributed by atoms with Crippen molar-refractivity contribution in [3.63, 3.8) is 0 Å². The molecular formula is C15H15F2N. The molecule has 0 amide bonds. The Balaban J connectivity index is 2.22. The lowest BCUT2D eigenvalue weighted by atomic mass is 10.0. The minimum absolute atomic E-state index is 0.0693. The summed E-state index contributed by atoms with van der Waals surface area (Å²) >= 11 is 0. The third-order valence-electron chi connectivity index (χ3n) is 3.05. The molecule has 1 N–H and O–H groups in total. The molecule has 0 heterocycles. The topological polar surface area (TPSA) is 12.0 Å². The van der Waals surface area contributed by atoms with Crippen LogP contribution in [-0.2, 0) is 6.54 Å². The Morgan fingerprint density at radius 3 is 1.94 bits per heavy atom. The fourth-order valence-corrected chi connectivity index (χ4v) is 1.97. The van der Waals surface area contributed by atoms with Gasteiger partial charge in [-0.05, 0) is 42.7 Å². The van der Waals surface area contributed by atoms with Crippen LogP contribution < -0.4 is 5.32 Å². The molecule has 0 saturated heterocycles. The van der Waals surface area contributed by atoms with Gasteiger partial charge in [-0.15, -0.1) is 0 Å². The zero-order valence-electron chi connectivity index (χ0n) is 10.4. The lowest BCUT2D eigenvalue weighted by Gasteiger charge is -2.12. The molecule has 0 radical (unpaired) electrons. The van der Waals surface area contributed by atoms with E-state index in [2.05, 4.69) is 5.32 Å². The van der Waals surface area contributed by atoms with Gasteiger partial charge in [0, 0.05) is 6.54 Å². The van der Waals surface area contributed by atoms with Gasteiger partial charge in [0.2, 0.25) is 0 Å². The van der Waals surface area contributed by atoms with Crippen LogP contribution in [0.2, 0.25) is 0 Å². The van der Waals surface area contributed by atoms with E-state index in [4.69, 9.17) is 0 Å². The summed E-state index contributed by atoms with van der Waals surface area (Å²) < 4.78 is 26.9. The first-order valence-corrected chi connectivity index (χ1v) is 5.82. The van der Waals surface area contributed by atoms with Crippen LogP contribution in [0, 0.1) is 25.5 Å². The number of rotatable bonds is 3. The molecule has 0 aliphatic carbocycles. The Bertz CT molecular complexity index is 472. The fourth-order valence-electron chi connectivity index (χ4n) is 1.97. The summed E-state index contributed by atoms with van der Waals surface area (Å²) in [6, 6.07) is 9.79. The molecule has 3 heteroatoms. The lowest BCUT2D eigenvalue weighted by molar-refractivity contribution is 0.588. The van der Waals surface area contributed by atoms with E-state index in [-0.39, 0.29) is 5.69 Å². The maximum Gasteiger partial charge on any atom is 0.149 e. The summed E-state index contributed by atoms with van der Waals surface area (Å²) in [6.45, 7) is 4.39. The summed E-state index contributed by atoms with van der Waals surface area (Å²) in [5.41, 5.74) is 3.22. The highest BCUT2D eigenvalue weighted by atomic mass is 19.1. The van der Waals surface area contributed by atoms with Crippen LogP contribution in [0.1, 0.15) is 16.7 Å². The number of hydrogen-bond acceptors (Lipinski definition) is 1. The van der Waals surface area contributed by atoms with Crippen molar-refractivity contribution in [3.05, 3.63) is 64.7 Å². The Kier molecular flexibility index (Phi) is 3.60. The first-order chi connectivity index (χ1) is 8.59. The SMILES string of the molecule is Cc1cccc(C)c1CNc1c(F)cccc1F. The van der Waals surface area contributed by atoms with E-state index in [0.29, 0.717) is 6.54 Å². The second-order valence-electron chi connectivity index (χ2n) is 4.32. The first-order valence-electron chi connectivity index (χ1n) is 5.82. The molecule has 2 rings (SSSR count). The van der Waals surface area contributed by atoms with Gasteiger partial charge in [0.15, 0.2) is 0 Å². The summed E-state index contributed by atoms with van der Waals surface area (Å²) in [6.07, 6.45) is 0. The number of aryl methyl sites for hydroxylation is 2. The highest BCUT2D eigenvalue weighted by Gasteiger charge is 2.09. The van der Waals surface area contributed by atoms with Crippen LogP contribution in [0.3, 0.4) is 0 Å². The molecule has 0 aliphatic rings. The minimum atomic E-state index is -0.568. The van der Waals surface area contributed by atoms with Gasteiger partial charge in [-0.25, -0.2) is 8.78 Å². The third-order valence-corrected chi connectivity index (χ3v) is 3.05. The monoisotopic (exact) mass is 247 g/mol. The standard InChI is InChI=1S/C15H15F2N/c1-10-5-3-6-11(2)12(10)9-18-15-13(16)7-4-8-14(15)17/h3-8,18H,9H2,1-2H3. The van der Waals surface area contributed by atoms with Gasteiger partial charge >= 0.3 is 0 Å². The number of para-hydroxylation sites is 1. The Hall–Kier alpha value is -1.90. The second-order valence-corrected chi connectivity index (χ2v) is 4.32. The summed E-state index contributed by atoms with van der Waals surface area (Å²) in [4.78, 5) is 0. The van der Waals surface area contributed by atoms with Gasteiger partial charge in [-0.3, -0.25) is 0 Å². The Labute approximate surface area is 105 Å². The first kappa shape index (κ1) is 12.6. The van der Waals surface area contributed by atoms with Crippen LogP contribution in [0.15, 0.2) is 36.4 Å². The van der Waals surface area contributed by atoms with Crippen LogP contribution in [0.25, 0.3) is 0 Å². The summed E-state index contributed by atoms with van der Waals surface area (Å²) in [7, 11) is 0. The number of benzene rings is 2. The lowest BCUT2D eigenvalue weighted by Crippen LogP contribution is -2.06. The minimum Gasteiger partial charge on any atom is -0.376 e. The molecule has 0 atom stereocenters. The Morgan fingerprint density at radius 2 is 1.39 bits per heavy atom. The van der Waals surface area contributed by atoms with E-state index in [9.17, 15) is 8.78 Å². The van der Waals surface area contributed by atoms with E-state index in [1.807, 2.05) is 32.0 Å². The number of hydrogen-bond donors (Lipinski definition) is 1. The van der Waals surface area contributed by atoms with Crippen molar-refractivity contribution in [2.45, 2.75) is 20.4 Å². The average molecular weight is 247 g/mol. The van der Waals surface area contributed by atoms with Crippen LogP contribution in [0.5, 0.6) is 0 Å². The molecule has 1 nitrogen and oxygen atoms in total. The maximum atomic E-state index is 13.5. The summed E-state index contributed by atoms with van der Waals surface area (Å²) in [5.74, 6) is -1.14. The highest BCUT2D eigenvalue weighted by molar-refractivity contribution is 5.47. The quantitative estimate of drug-likeness (QED) is 0.857. The third kappa shape index (κ3) is 2.50. The van der Waals surface area contributed by atoms with Gasteiger partial charge in [-0.1, -0.05) is 24.3 Å².